The molecule has 2 N–H and O–H groups in total. The summed E-state index contributed by atoms with van der Waals surface area (Å²) in [5, 5.41) is 12.1. The number of aliphatic hydroxyl groups excluding tert-OH is 1. The van der Waals surface area contributed by atoms with Crippen molar-refractivity contribution in [1.29, 1.82) is 0 Å². The molecule has 2 fully saturated rings. The fourth-order valence-electron chi connectivity index (χ4n) is 4.14. The van der Waals surface area contributed by atoms with Crippen LogP contribution in [0, 0.1) is 11.7 Å². The van der Waals surface area contributed by atoms with Gasteiger partial charge in [0.15, 0.2) is 0 Å². The molecule has 2 saturated heterocycles. The number of hydrogen-bond donors (Lipinski definition) is 2. The molecule has 1 aromatic rings. The van der Waals surface area contributed by atoms with Crippen LogP contribution >= 0.6 is 0 Å². The molecule has 2 heterocycles. The second-order valence-electron chi connectivity index (χ2n) is 7.37. The van der Waals surface area contributed by atoms with E-state index in [9.17, 15) is 9.18 Å². The third-order valence-corrected chi connectivity index (χ3v) is 5.69. The highest BCUT2D eigenvalue weighted by Crippen LogP contribution is 2.27. The van der Waals surface area contributed by atoms with Crippen LogP contribution in [0.3, 0.4) is 0 Å². The molecule has 0 saturated carbocycles. The summed E-state index contributed by atoms with van der Waals surface area (Å²) in [6.45, 7) is 4.90. The number of piperidine rings is 1. The van der Waals surface area contributed by atoms with Crippen LogP contribution in [0.15, 0.2) is 24.3 Å². The lowest BCUT2D eigenvalue weighted by Gasteiger charge is -2.32. The molecule has 0 radical (unpaired) electrons. The van der Waals surface area contributed by atoms with Gasteiger partial charge in [0.05, 0.1) is 12.6 Å². The van der Waals surface area contributed by atoms with E-state index in [1.54, 1.807) is 6.07 Å². The normalized spacial score (nSPS) is 21.0. The topological polar surface area (TPSA) is 55.8 Å². The van der Waals surface area contributed by atoms with Crippen molar-refractivity contribution in [2.75, 3.05) is 45.9 Å². The van der Waals surface area contributed by atoms with E-state index in [2.05, 4.69) is 15.1 Å². The smallest absolute Gasteiger partial charge is 0.223 e. The zero-order chi connectivity index (χ0) is 18.4. The number of amides is 1. The van der Waals surface area contributed by atoms with Gasteiger partial charge in [0.2, 0.25) is 5.91 Å². The van der Waals surface area contributed by atoms with Crippen molar-refractivity contribution < 1.29 is 14.3 Å². The molecule has 26 heavy (non-hydrogen) atoms. The van der Waals surface area contributed by atoms with E-state index in [-0.39, 0.29) is 30.3 Å². The first kappa shape index (κ1) is 19.3. The Morgan fingerprint density at radius 1 is 1.19 bits per heavy atom. The van der Waals surface area contributed by atoms with Gasteiger partial charge in [-0.3, -0.25) is 9.69 Å². The summed E-state index contributed by atoms with van der Waals surface area (Å²) >= 11 is 0. The van der Waals surface area contributed by atoms with E-state index in [0.29, 0.717) is 18.7 Å². The molecule has 1 aromatic carbocycles. The van der Waals surface area contributed by atoms with Crippen molar-refractivity contribution >= 4 is 5.91 Å². The lowest BCUT2D eigenvalue weighted by molar-refractivity contribution is -0.126. The van der Waals surface area contributed by atoms with Crippen LogP contribution in [-0.2, 0) is 4.79 Å². The van der Waals surface area contributed by atoms with Crippen molar-refractivity contribution in [1.82, 2.24) is 15.1 Å². The molecule has 1 unspecified atom stereocenters. The second kappa shape index (κ2) is 9.44. The third-order valence-electron chi connectivity index (χ3n) is 5.69. The molecule has 6 heteroatoms. The monoisotopic (exact) mass is 363 g/mol. The van der Waals surface area contributed by atoms with Crippen LogP contribution in [0.1, 0.15) is 37.3 Å². The van der Waals surface area contributed by atoms with Gasteiger partial charge in [-0.15, -0.1) is 0 Å². The molecule has 5 nitrogen and oxygen atoms in total. The predicted octanol–water partition coefficient (Wildman–Crippen LogP) is 1.78. The summed E-state index contributed by atoms with van der Waals surface area (Å²) in [6, 6.07) is 6.80. The quantitative estimate of drug-likeness (QED) is 0.775. The predicted molar refractivity (Wildman–Crippen MR) is 99.2 cm³/mol. The third kappa shape index (κ3) is 4.81. The average Bonchev–Trinajstić information content (AvgIpc) is 3.18. The maximum atomic E-state index is 14.3. The van der Waals surface area contributed by atoms with Crippen LogP contribution in [0.2, 0.25) is 0 Å². The average molecular weight is 363 g/mol. The summed E-state index contributed by atoms with van der Waals surface area (Å²) in [6.07, 6.45) is 3.89. The number of carbonyl (C=O) groups is 1. The molecule has 144 valence electrons. The number of β-amino-alcohol motifs (C(OH)–C–C–N with tert-alkyl or cyclic N) is 1. The number of likely N-dealkylation sites (tertiary alicyclic amines) is 2. The van der Waals surface area contributed by atoms with Crippen LogP contribution in [0.5, 0.6) is 0 Å². The minimum Gasteiger partial charge on any atom is -0.395 e. The Kier molecular flexibility index (Phi) is 7.00. The Morgan fingerprint density at radius 3 is 2.54 bits per heavy atom. The number of benzene rings is 1. The number of nitrogens with one attached hydrogen (secondary N) is 1. The van der Waals surface area contributed by atoms with E-state index in [1.165, 1.54) is 6.07 Å². The number of aliphatic hydroxyl groups is 1. The summed E-state index contributed by atoms with van der Waals surface area (Å²) in [4.78, 5) is 17.1. The molecule has 1 atom stereocenters. The zero-order valence-electron chi connectivity index (χ0n) is 15.4. The first-order valence-corrected chi connectivity index (χ1v) is 9.78. The zero-order valence-corrected chi connectivity index (χ0v) is 15.4. The Balaban J connectivity index is 1.58. The van der Waals surface area contributed by atoms with E-state index < -0.39 is 0 Å². The van der Waals surface area contributed by atoms with Gasteiger partial charge >= 0.3 is 0 Å². The van der Waals surface area contributed by atoms with E-state index in [1.807, 2.05) is 12.1 Å². The number of carbonyl (C=O) groups excluding carboxylic acids is 1. The lowest BCUT2D eigenvalue weighted by Crippen LogP contribution is -2.43. The van der Waals surface area contributed by atoms with Crippen LogP contribution in [0.4, 0.5) is 4.39 Å². The fourth-order valence-corrected chi connectivity index (χ4v) is 4.14. The maximum absolute atomic E-state index is 14.3. The van der Waals surface area contributed by atoms with Crippen molar-refractivity contribution in [3.63, 3.8) is 0 Å². The first-order valence-electron chi connectivity index (χ1n) is 9.78. The van der Waals surface area contributed by atoms with Gasteiger partial charge in [-0.2, -0.15) is 0 Å². The Bertz CT molecular complexity index is 584. The highest BCUT2D eigenvalue weighted by molar-refractivity contribution is 5.78. The first-order chi connectivity index (χ1) is 12.7. The van der Waals surface area contributed by atoms with Crippen LogP contribution < -0.4 is 5.32 Å². The minimum absolute atomic E-state index is 0.0183. The van der Waals surface area contributed by atoms with Gasteiger partial charge in [0.25, 0.3) is 0 Å². The molecular formula is C20H30FN3O2. The molecule has 2 aliphatic heterocycles. The van der Waals surface area contributed by atoms with Gasteiger partial charge < -0.3 is 15.3 Å². The Morgan fingerprint density at radius 2 is 1.88 bits per heavy atom. The molecule has 2 aliphatic rings. The summed E-state index contributed by atoms with van der Waals surface area (Å²) in [5.74, 6) is -0.102. The molecular weight excluding hydrogens is 333 g/mol. The number of nitrogens with zero attached hydrogens (tertiary/aromatic N) is 2. The molecule has 0 aromatic heterocycles. The summed E-state index contributed by atoms with van der Waals surface area (Å²) in [5.41, 5.74) is 0.674. The second-order valence-corrected chi connectivity index (χ2v) is 7.37. The lowest BCUT2D eigenvalue weighted by atomic mass is 9.95. The molecule has 3 rings (SSSR count). The van der Waals surface area contributed by atoms with Gasteiger partial charge in [-0.1, -0.05) is 18.2 Å². The van der Waals surface area contributed by atoms with E-state index in [4.69, 9.17) is 5.11 Å². The van der Waals surface area contributed by atoms with E-state index in [0.717, 1.165) is 51.9 Å². The van der Waals surface area contributed by atoms with Gasteiger partial charge in [-0.05, 0) is 57.9 Å². The molecule has 0 aliphatic carbocycles. The highest BCUT2D eigenvalue weighted by atomic mass is 19.1. The number of halogens is 1. The van der Waals surface area contributed by atoms with Gasteiger partial charge in [0.1, 0.15) is 5.82 Å². The summed E-state index contributed by atoms with van der Waals surface area (Å²) in [7, 11) is 0. The van der Waals surface area contributed by atoms with E-state index >= 15 is 0 Å². The summed E-state index contributed by atoms with van der Waals surface area (Å²) < 4.78 is 14.3. The SMILES string of the molecule is O=C(NCC(c1ccccc1F)N1CCCC1)C1CCN(CCO)CC1. The van der Waals surface area contributed by atoms with Crippen LogP contribution in [-0.4, -0.2) is 66.7 Å². The molecule has 0 bridgehead atoms. The largest absolute Gasteiger partial charge is 0.395 e. The Labute approximate surface area is 155 Å². The number of rotatable bonds is 7. The highest BCUT2D eigenvalue weighted by Gasteiger charge is 2.28. The molecule has 1 amide bonds. The van der Waals surface area contributed by atoms with Gasteiger partial charge in [0, 0.05) is 24.6 Å². The van der Waals surface area contributed by atoms with Crippen molar-refractivity contribution in [2.24, 2.45) is 5.92 Å². The van der Waals surface area contributed by atoms with Crippen molar-refractivity contribution in [2.45, 2.75) is 31.7 Å². The molecule has 0 spiro atoms. The fraction of sp³-hybridized carbons (Fsp3) is 0.650. The Hall–Kier alpha value is -1.50. The number of hydrogen-bond acceptors (Lipinski definition) is 4. The van der Waals surface area contributed by atoms with Gasteiger partial charge in [-0.25, -0.2) is 4.39 Å². The maximum Gasteiger partial charge on any atom is 0.223 e. The minimum atomic E-state index is -0.198. The van der Waals surface area contributed by atoms with Crippen LogP contribution in [0.25, 0.3) is 0 Å². The van der Waals surface area contributed by atoms with Crippen molar-refractivity contribution in [3.8, 4) is 0 Å². The van der Waals surface area contributed by atoms with Crippen molar-refractivity contribution in [3.05, 3.63) is 35.6 Å². The standard InChI is InChI=1S/C20H30FN3O2/c21-18-6-2-1-5-17(18)19(24-9-3-4-10-24)15-22-20(26)16-7-11-23(12-8-16)13-14-25/h1-2,5-6,16,19,25H,3-4,7-15H2,(H,22,26).